The Labute approximate surface area is 184 Å². The molecule has 1 fully saturated rings. The maximum absolute atomic E-state index is 13.1. The SMILES string of the molecule is CCCc1cc(C)[nH]c(=O)c1CNC(=O)c1cc(Br)cc2c1cnn2C1CCCC1. The zero-order valence-electron chi connectivity index (χ0n) is 17.4. The Kier molecular flexibility index (Phi) is 6.09. The molecule has 4 rings (SSSR count). The number of hydrogen-bond donors (Lipinski definition) is 2. The second kappa shape index (κ2) is 8.76. The molecule has 1 aromatic carbocycles. The number of fused-ring (bicyclic) bond motifs is 1. The summed E-state index contributed by atoms with van der Waals surface area (Å²) >= 11 is 3.55. The van der Waals surface area contributed by atoms with Gasteiger partial charge in [0.2, 0.25) is 0 Å². The van der Waals surface area contributed by atoms with E-state index in [1.165, 1.54) is 12.8 Å². The van der Waals surface area contributed by atoms with Gasteiger partial charge in [-0.05, 0) is 49.9 Å². The number of aromatic amines is 1. The summed E-state index contributed by atoms with van der Waals surface area (Å²) in [5.74, 6) is -0.199. The molecule has 0 atom stereocenters. The Morgan fingerprint density at radius 2 is 2.07 bits per heavy atom. The van der Waals surface area contributed by atoms with Gasteiger partial charge < -0.3 is 10.3 Å². The average molecular weight is 471 g/mol. The van der Waals surface area contributed by atoms with Gasteiger partial charge in [-0.15, -0.1) is 0 Å². The molecule has 6 nitrogen and oxygen atoms in total. The molecule has 1 aliphatic carbocycles. The number of carbonyl (C=O) groups excluding carboxylic acids is 1. The van der Waals surface area contributed by atoms with Crippen LogP contribution in [0.3, 0.4) is 0 Å². The highest BCUT2D eigenvalue weighted by atomic mass is 79.9. The number of nitrogens with zero attached hydrogens (tertiary/aromatic N) is 2. The Bertz CT molecular complexity index is 1140. The maximum Gasteiger partial charge on any atom is 0.253 e. The third-order valence-corrected chi connectivity index (χ3v) is 6.36. The third-order valence-electron chi connectivity index (χ3n) is 5.90. The van der Waals surface area contributed by atoms with Crippen molar-refractivity contribution in [2.75, 3.05) is 0 Å². The van der Waals surface area contributed by atoms with Crippen LogP contribution in [0.25, 0.3) is 10.9 Å². The van der Waals surface area contributed by atoms with E-state index in [4.69, 9.17) is 0 Å². The molecule has 2 heterocycles. The van der Waals surface area contributed by atoms with E-state index in [0.717, 1.165) is 52.3 Å². The minimum atomic E-state index is -0.199. The van der Waals surface area contributed by atoms with Crippen LogP contribution in [0, 0.1) is 6.92 Å². The Balaban J connectivity index is 1.62. The van der Waals surface area contributed by atoms with Crippen molar-refractivity contribution in [3.63, 3.8) is 0 Å². The molecule has 1 saturated carbocycles. The number of carbonyl (C=O) groups is 1. The van der Waals surface area contributed by atoms with Gasteiger partial charge in [0.15, 0.2) is 0 Å². The van der Waals surface area contributed by atoms with Gasteiger partial charge >= 0.3 is 0 Å². The molecule has 2 aromatic heterocycles. The van der Waals surface area contributed by atoms with Crippen LogP contribution in [-0.2, 0) is 13.0 Å². The zero-order chi connectivity index (χ0) is 21.3. The number of pyridine rings is 1. The summed E-state index contributed by atoms with van der Waals surface area (Å²) in [6.07, 6.45) is 8.23. The number of aromatic nitrogens is 3. The number of rotatable bonds is 6. The second-order valence-corrected chi connectivity index (χ2v) is 9.05. The van der Waals surface area contributed by atoms with E-state index in [0.29, 0.717) is 17.2 Å². The number of hydrogen-bond acceptors (Lipinski definition) is 3. The fraction of sp³-hybridized carbons (Fsp3) is 0.435. The largest absolute Gasteiger partial charge is 0.348 e. The molecule has 0 aliphatic heterocycles. The molecule has 1 aliphatic rings. The Morgan fingerprint density at radius 1 is 1.30 bits per heavy atom. The van der Waals surface area contributed by atoms with Crippen molar-refractivity contribution in [1.82, 2.24) is 20.1 Å². The normalized spacial score (nSPS) is 14.5. The summed E-state index contributed by atoms with van der Waals surface area (Å²) in [6, 6.07) is 6.25. The molecule has 3 aromatic rings. The Morgan fingerprint density at radius 3 is 2.80 bits per heavy atom. The number of halogens is 1. The maximum atomic E-state index is 13.1. The lowest BCUT2D eigenvalue weighted by Gasteiger charge is -2.13. The molecule has 0 spiro atoms. The van der Waals surface area contributed by atoms with Crippen molar-refractivity contribution < 1.29 is 4.79 Å². The lowest BCUT2D eigenvalue weighted by Crippen LogP contribution is -2.28. The van der Waals surface area contributed by atoms with E-state index in [9.17, 15) is 9.59 Å². The second-order valence-electron chi connectivity index (χ2n) is 8.13. The van der Waals surface area contributed by atoms with Gasteiger partial charge in [-0.3, -0.25) is 14.3 Å². The van der Waals surface area contributed by atoms with E-state index in [1.54, 1.807) is 6.20 Å². The zero-order valence-corrected chi connectivity index (χ0v) is 19.0. The van der Waals surface area contributed by atoms with Crippen LogP contribution < -0.4 is 10.9 Å². The minimum Gasteiger partial charge on any atom is -0.348 e. The van der Waals surface area contributed by atoms with Gasteiger partial charge in [-0.25, -0.2) is 0 Å². The third kappa shape index (κ3) is 4.08. The monoisotopic (exact) mass is 470 g/mol. The highest BCUT2D eigenvalue weighted by Gasteiger charge is 2.22. The van der Waals surface area contributed by atoms with E-state index in [1.807, 2.05) is 25.1 Å². The van der Waals surface area contributed by atoms with Crippen molar-refractivity contribution in [2.24, 2.45) is 0 Å². The van der Waals surface area contributed by atoms with Crippen LogP contribution in [0.1, 0.15) is 72.2 Å². The highest BCUT2D eigenvalue weighted by Crippen LogP contribution is 2.33. The van der Waals surface area contributed by atoms with Gasteiger partial charge in [0, 0.05) is 27.7 Å². The average Bonchev–Trinajstić information content (AvgIpc) is 3.36. The lowest BCUT2D eigenvalue weighted by molar-refractivity contribution is 0.0952. The molecule has 0 saturated heterocycles. The smallest absolute Gasteiger partial charge is 0.253 e. The van der Waals surface area contributed by atoms with Gasteiger partial charge in [0.1, 0.15) is 0 Å². The van der Waals surface area contributed by atoms with Crippen molar-refractivity contribution >= 4 is 32.7 Å². The van der Waals surface area contributed by atoms with Crippen molar-refractivity contribution in [3.8, 4) is 0 Å². The van der Waals surface area contributed by atoms with E-state index < -0.39 is 0 Å². The van der Waals surface area contributed by atoms with Crippen molar-refractivity contribution in [3.05, 3.63) is 61.6 Å². The molecule has 30 heavy (non-hydrogen) atoms. The first-order chi connectivity index (χ1) is 14.5. The molecule has 1 amide bonds. The van der Waals surface area contributed by atoms with Crippen LogP contribution in [-0.4, -0.2) is 20.7 Å². The first-order valence-corrected chi connectivity index (χ1v) is 11.4. The molecule has 158 valence electrons. The van der Waals surface area contributed by atoms with Crippen LogP contribution in [0.4, 0.5) is 0 Å². The van der Waals surface area contributed by atoms with E-state index in [2.05, 4.69) is 42.9 Å². The minimum absolute atomic E-state index is 0.132. The fourth-order valence-electron chi connectivity index (χ4n) is 4.47. The summed E-state index contributed by atoms with van der Waals surface area (Å²) in [4.78, 5) is 28.4. The predicted octanol–water partition coefficient (Wildman–Crippen LogP) is 4.79. The molecule has 0 bridgehead atoms. The lowest BCUT2D eigenvalue weighted by atomic mass is 10.0. The summed E-state index contributed by atoms with van der Waals surface area (Å²) < 4.78 is 2.91. The number of nitrogens with one attached hydrogen (secondary N) is 2. The molecule has 0 radical (unpaired) electrons. The van der Waals surface area contributed by atoms with Gasteiger partial charge in [-0.1, -0.05) is 42.1 Å². The number of H-pyrrole nitrogens is 1. The summed E-state index contributed by atoms with van der Waals surface area (Å²) in [6.45, 7) is 4.16. The van der Waals surface area contributed by atoms with Crippen molar-refractivity contribution in [1.29, 1.82) is 0 Å². The molecule has 0 unspecified atom stereocenters. The van der Waals surface area contributed by atoms with E-state index >= 15 is 0 Å². The van der Waals surface area contributed by atoms with Crippen molar-refractivity contribution in [2.45, 2.75) is 65.0 Å². The van der Waals surface area contributed by atoms with Crippen LogP contribution in [0.5, 0.6) is 0 Å². The van der Waals surface area contributed by atoms with Gasteiger partial charge in [0.25, 0.3) is 11.5 Å². The quantitative estimate of drug-likeness (QED) is 0.543. The fourth-order valence-corrected chi connectivity index (χ4v) is 4.92. The Hall–Kier alpha value is -2.41. The topological polar surface area (TPSA) is 79.8 Å². The predicted molar refractivity (Wildman–Crippen MR) is 122 cm³/mol. The van der Waals surface area contributed by atoms with E-state index in [-0.39, 0.29) is 18.0 Å². The van der Waals surface area contributed by atoms with Crippen LogP contribution in [0.15, 0.2) is 33.7 Å². The van der Waals surface area contributed by atoms with Gasteiger partial charge in [0.05, 0.1) is 23.3 Å². The first kappa shape index (κ1) is 20.8. The molecule has 7 heteroatoms. The summed E-state index contributed by atoms with van der Waals surface area (Å²) in [5.41, 5.74) is 3.88. The summed E-state index contributed by atoms with van der Waals surface area (Å²) in [5, 5.41) is 8.40. The first-order valence-electron chi connectivity index (χ1n) is 10.6. The molecular formula is C23H27BrN4O2. The molecular weight excluding hydrogens is 444 g/mol. The van der Waals surface area contributed by atoms with Crippen LogP contribution in [0.2, 0.25) is 0 Å². The van der Waals surface area contributed by atoms with Gasteiger partial charge in [-0.2, -0.15) is 5.10 Å². The number of amides is 1. The molecule has 2 N–H and O–H groups in total. The number of aryl methyl sites for hydroxylation is 2. The number of benzene rings is 1. The summed E-state index contributed by atoms with van der Waals surface area (Å²) in [7, 11) is 0. The van der Waals surface area contributed by atoms with Crippen LogP contribution >= 0.6 is 15.9 Å². The highest BCUT2D eigenvalue weighted by molar-refractivity contribution is 9.10. The standard InChI is InChI=1S/C23H27BrN4O2/c1-3-6-15-9-14(2)27-23(30)19(15)12-25-22(29)18-10-16(24)11-21-20(18)13-26-28(21)17-7-4-5-8-17/h9-11,13,17H,3-8,12H2,1-2H3,(H,25,29)(H,27,30).